The van der Waals surface area contributed by atoms with Gasteiger partial charge in [-0.05, 0) is 60.7 Å². The Bertz CT molecular complexity index is 1410. The molecule has 3 aromatic carbocycles. The number of piperidine rings is 1. The van der Waals surface area contributed by atoms with Crippen LogP contribution in [-0.4, -0.2) is 32.6 Å². The second-order valence-electron chi connectivity index (χ2n) is 10.4. The maximum atomic E-state index is 13.6. The summed E-state index contributed by atoms with van der Waals surface area (Å²) < 4.78 is 69.9. The fraction of sp³-hybridized carbons (Fsp3) is 0.357. The molecule has 1 heterocycles. The van der Waals surface area contributed by atoms with E-state index in [0.29, 0.717) is 31.6 Å². The van der Waals surface area contributed by atoms with Crippen molar-refractivity contribution in [3.05, 3.63) is 78.4 Å². The molecule has 0 bridgehead atoms. The van der Waals surface area contributed by atoms with Crippen LogP contribution in [-0.2, 0) is 16.2 Å². The molecule has 10 heteroatoms. The van der Waals surface area contributed by atoms with E-state index in [4.69, 9.17) is 11.5 Å². The van der Waals surface area contributed by atoms with Crippen LogP contribution in [0.5, 0.6) is 0 Å². The lowest BCUT2D eigenvalue weighted by molar-refractivity contribution is -0.137. The van der Waals surface area contributed by atoms with Gasteiger partial charge >= 0.3 is 6.18 Å². The first kappa shape index (κ1) is 26.5. The normalized spacial score (nSPS) is 24.1. The molecule has 1 aliphatic heterocycles. The Labute approximate surface area is 220 Å². The summed E-state index contributed by atoms with van der Waals surface area (Å²) in [5.74, 6) is 0. The maximum Gasteiger partial charge on any atom is 0.416 e. The molecule has 0 radical (unpaired) electrons. The predicted molar refractivity (Wildman–Crippen MR) is 143 cm³/mol. The van der Waals surface area contributed by atoms with Crippen LogP contribution < -0.4 is 21.1 Å². The smallest absolute Gasteiger partial charge is 0.368 e. The van der Waals surface area contributed by atoms with Crippen molar-refractivity contribution in [3.8, 4) is 11.1 Å². The zero-order valence-electron chi connectivity index (χ0n) is 20.8. The number of nitrogens with two attached hydrogens (primary N) is 2. The monoisotopic (exact) mass is 544 g/mol. The second-order valence-corrected chi connectivity index (χ2v) is 12.1. The first-order valence-electron chi connectivity index (χ1n) is 12.6. The Kier molecular flexibility index (Phi) is 6.69. The van der Waals surface area contributed by atoms with E-state index in [0.717, 1.165) is 42.5 Å². The molecule has 3 aromatic rings. The van der Waals surface area contributed by atoms with E-state index in [2.05, 4.69) is 4.72 Å². The van der Waals surface area contributed by atoms with Crippen LogP contribution in [0.15, 0.2) is 77.7 Å². The molecule has 5 rings (SSSR count). The quantitative estimate of drug-likeness (QED) is 0.402. The minimum atomic E-state index is -4.64. The van der Waals surface area contributed by atoms with Crippen molar-refractivity contribution in [3.63, 3.8) is 0 Å². The Balaban J connectivity index is 1.47. The molecule has 2 aliphatic rings. The van der Waals surface area contributed by atoms with Crippen LogP contribution in [0.25, 0.3) is 11.1 Å². The van der Waals surface area contributed by atoms with Crippen LogP contribution in [0.4, 0.5) is 24.5 Å². The van der Waals surface area contributed by atoms with Gasteiger partial charge in [0.05, 0.1) is 27.4 Å². The highest BCUT2D eigenvalue weighted by molar-refractivity contribution is 7.92. The largest absolute Gasteiger partial charge is 0.416 e. The van der Waals surface area contributed by atoms with Gasteiger partial charge in [-0.1, -0.05) is 55.3 Å². The Hall–Kier alpha value is -3.08. The molecule has 2 fully saturated rings. The van der Waals surface area contributed by atoms with E-state index in [9.17, 15) is 21.6 Å². The number of rotatable bonds is 5. The van der Waals surface area contributed by atoms with Gasteiger partial charge in [0.1, 0.15) is 0 Å². The zero-order valence-corrected chi connectivity index (χ0v) is 21.7. The topological polar surface area (TPSA) is 101 Å². The molecule has 1 saturated heterocycles. The molecule has 0 unspecified atom stereocenters. The van der Waals surface area contributed by atoms with Crippen molar-refractivity contribution in [2.45, 2.75) is 54.3 Å². The molecule has 1 aliphatic carbocycles. The van der Waals surface area contributed by atoms with Crippen molar-refractivity contribution in [2.24, 2.45) is 11.5 Å². The van der Waals surface area contributed by atoms with Crippen molar-refractivity contribution in [1.82, 2.24) is 0 Å². The average molecular weight is 545 g/mol. The lowest BCUT2D eigenvalue weighted by atomic mass is 9.64. The first-order chi connectivity index (χ1) is 17.9. The molecule has 0 spiro atoms. The number of benzene rings is 3. The number of nitrogens with zero attached hydrogens (tertiary/aromatic N) is 1. The van der Waals surface area contributed by atoms with Gasteiger partial charge in [-0.25, -0.2) is 8.42 Å². The Morgan fingerprint density at radius 3 is 2.11 bits per heavy atom. The summed E-state index contributed by atoms with van der Waals surface area (Å²) in [6, 6.07) is 18.8. The van der Waals surface area contributed by atoms with Gasteiger partial charge in [0, 0.05) is 18.6 Å². The van der Waals surface area contributed by atoms with Crippen LogP contribution in [0.2, 0.25) is 0 Å². The van der Waals surface area contributed by atoms with Gasteiger partial charge in [-0.3, -0.25) is 4.72 Å². The highest BCUT2D eigenvalue weighted by Gasteiger charge is 2.51. The molecule has 2 atom stereocenters. The van der Waals surface area contributed by atoms with Gasteiger partial charge in [-0.15, -0.1) is 0 Å². The highest BCUT2D eigenvalue weighted by Crippen LogP contribution is 2.43. The van der Waals surface area contributed by atoms with Gasteiger partial charge in [0.2, 0.25) is 0 Å². The number of sulfonamides is 1. The molecule has 1 saturated carbocycles. The minimum absolute atomic E-state index is 0.0530. The number of nitrogens with one attached hydrogen (secondary N) is 1. The molecule has 38 heavy (non-hydrogen) atoms. The third kappa shape index (κ3) is 5.00. The third-order valence-corrected chi connectivity index (χ3v) is 9.35. The molecule has 6 nitrogen and oxygen atoms in total. The molecule has 5 N–H and O–H groups in total. The van der Waals surface area contributed by atoms with E-state index in [1.807, 2.05) is 35.2 Å². The second kappa shape index (κ2) is 9.59. The van der Waals surface area contributed by atoms with Crippen molar-refractivity contribution in [2.75, 3.05) is 22.7 Å². The number of fused-ring (bicyclic) bond motifs is 1. The van der Waals surface area contributed by atoms with Crippen LogP contribution in [0, 0.1) is 0 Å². The molecular weight excluding hydrogens is 513 g/mol. The van der Waals surface area contributed by atoms with Gasteiger partial charge in [0.25, 0.3) is 10.0 Å². The maximum absolute atomic E-state index is 13.6. The predicted octanol–water partition coefficient (Wildman–Crippen LogP) is 5.35. The molecule has 0 amide bonds. The third-order valence-electron chi connectivity index (χ3n) is 7.97. The molecular formula is C28H31F3N4O2S. The van der Waals surface area contributed by atoms with Crippen molar-refractivity contribution in [1.29, 1.82) is 0 Å². The van der Waals surface area contributed by atoms with E-state index in [1.165, 1.54) is 18.2 Å². The van der Waals surface area contributed by atoms with Crippen LogP contribution >= 0.6 is 0 Å². The molecule has 202 valence electrons. The fourth-order valence-electron chi connectivity index (χ4n) is 5.68. The fourth-order valence-corrected chi connectivity index (χ4v) is 6.74. The van der Waals surface area contributed by atoms with E-state index < -0.39 is 32.8 Å². The summed E-state index contributed by atoms with van der Waals surface area (Å²) in [7, 11) is -4.19. The minimum Gasteiger partial charge on any atom is -0.368 e. The number of alkyl halides is 3. The Morgan fingerprint density at radius 1 is 0.816 bits per heavy atom. The van der Waals surface area contributed by atoms with E-state index in [1.54, 1.807) is 12.1 Å². The lowest BCUT2D eigenvalue weighted by Gasteiger charge is -2.56. The summed E-state index contributed by atoms with van der Waals surface area (Å²) >= 11 is 0. The summed E-state index contributed by atoms with van der Waals surface area (Å²) in [6.07, 6.45) is -0.655. The zero-order chi connectivity index (χ0) is 27.2. The van der Waals surface area contributed by atoms with E-state index >= 15 is 0 Å². The Morgan fingerprint density at radius 2 is 1.45 bits per heavy atom. The average Bonchev–Trinajstić information content (AvgIpc) is 2.88. The summed E-state index contributed by atoms with van der Waals surface area (Å²) in [5, 5.41) is 0. The number of halogens is 3. The highest BCUT2D eigenvalue weighted by atomic mass is 32.2. The van der Waals surface area contributed by atoms with Crippen molar-refractivity contribution >= 4 is 21.4 Å². The SMILES string of the molecule is N[C@@]12CCCC[C@@]1(N)CN(c1ccc(C(F)(F)F)cc1NS(=O)(=O)c1ccc(-c3ccccc3)cc1)CC2. The number of hydrogen-bond acceptors (Lipinski definition) is 5. The molecule has 0 aromatic heterocycles. The van der Waals surface area contributed by atoms with Gasteiger partial charge < -0.3 is 16.4 Å². The van der Waals surface area contributed by atoms with Crippen molar-refractivity contribution < 1.29 is 21.6 Å². The van der Waals surface area contributed by atoms with Gasteiger partial charge in [-0.2, -0.15) is 13.2 Å². The summed E-state index contributed by atoms with van der Waals surface area (Å²) in [6.45, 7) is 0.788. The lowest BCUT2D eigenvalue weighted by Crippen LogP contribution is -2.75. The van der Waals surface area contributed by atoms with E-state index in [-0.39, 0.29) is 10.6 Å². The summed E-state index contributed by atoms with van der Waals surface area (Å²) in [4.78, 5) is 1.80. The van der Waals surface area contributed by atoms with Crippen LogP contribution in [0.1, 0.15) is 37.7 Å². The number of hydrogen-bond donors (Lipinski definition) is 3. The summed E-state index contributed by atoms with van der Waals surface area (Å²) in [5.41, 5.74) is 13.2. The standard InChI is InChI=1S/C28H31F3N4O2S/c29-28(30,31)22-10-13-25(35-17-16-26(32)14-4-5-15-27(26,33)19-35)24(18-22)34-38(36,37)23-11-8-21(9-12-23)20-6-2-1-3-7-20/h1-3,6-13,18,34H,4-5,14-17,19,32-33H2/t26-,27-/m1/s1. The van der Waals surface area contributed by atoms with Crippen LogP contribution in [0.3, 0.4) is 0 Å². The number of anilines is 2. The van der Waals surface area contributed by atoms with Gasteiger partial charge in [0.15, 0.2) is 0 Å². The first-order valence-corrected chi connectivity index (χ1v) is 14.1.